The van der Waals surface area contributed by atoms with E-state index in [0.717, 1.165) is 48.4 Å². The van der Waals surface area contributed by atoms with Gasteiger partial charge in [0.15, 0.2) is 5.82 Å². The molecule has 1 aromatic carbocycles. The molecule has 2 heterocycles. The van der Waals surface area contributed by atoms with Crippen LogP contribution in [-0.4, -0.2) is 33.3 Å². The first-order valence-corrected chi connectivity index (χ1v) is 10.1. The number of rotatable bonds is 10. The molecule has 3 rings (SSSR count). The number of benzene rings is 1. The third-order valence-electron chi connectivity index (χ3n) is 4.80. The summed E-state index contributed by atoms with van der Waals surface area (Å²) in [6.45, 7) is 3.86. The molecule has 0 bridgehead atoms. The predicted octanol–water partition coefficient (Wildman–Crippen LogP) is 4.95. The Morgan fingerprint density at radius 1 is 1.13 bits per heavy atom. The lowest BCUT2D eigenvalue weighted by atomic mass is 10.1. The van der Waals surface area contributed by atoms with Gasteiger partial charge in [-0.3, -0.25) is 0 Å². The molecule has 0 saturated carbocycles. The second kappa shape index (κ2) is 9.88. The molecule has 0 saturated heterocycles. The molecule has 0 amide bonds. The zero-order valence-electron chi connectivity index (χ0n) is 17.2. The monoisotopic (exact) mass is 421 g/mol. The van der Waals surface area contributed by atoms with Gasteiger partial charge >= 0.3 is 12.1 Å². The Morgan fingerprint density at radius 3 is 2.67 bits per heavy atom. The van der Waals surface area contributed by atoms with Gasteiger partial charge in [0, 0.05) is 19.5 Å². The minimum Gasteiger partial charge on any atom is -0.329 e. The van der Waals surface area contributed by atoms with Crippen LogP contribution in [0.25, 0.3) is 23.2 Å². The van der Waals surface area contributed by atoms with Crippen LogP contribution >= 0.6 is 0 Å². The highest BCUT2D eigenvalue weighted by Crippen LogP contribution is 2.27. The van der Waals surface area contributed by atoms with Crippen LogP contribution in [0.3, 0.4) is 0 Å². The highest BCUT2D eigenvalue weighted by atomic mass is 19.4. The molecule has 0 radical (unpaired) electrons. The van der Waals surface area contributed by atoms with Crippen LogP contribution in [0.2, 0.25) is 0 Å². The number of aromatic nitrogens is 4. The van der Waals surface area contributed by atoms with Crippen molar-refractivity contribution in [3.05, 3.63) is 41.3 Å². The molecule has 3 aromatic rings. The molecular weight excluding hydrogens is 395 g/mol. The Kier molecular flexibility index (Phi) is 7.25. The van der Waals surface area contributed by atoms with Gasteiger partial charge in [-0.1, -0.05) is 43.5 Å². The van der Waals surface area contributed by atoms with Crippen molar-refractivity contribution in [2.45, 2.75) is 51.7 Å². The van der Waals surface area contributed by atoms with Crippen LogP contribution in [-0.2, 0) is 19.1 Å². The van der Waals surface area contributed by atoms with E-state index < -0.39 is 12.1 Å². The van der Waals surface area contributed by atoms with Crippen LogP contribution < -0.4 is 5.32 Å². The summed E-state index contributed by atoms with van der Waals surface area (Å²) in [5.41, 5.74) is 2.71. The standard InChI is InChI=1S/C21H26F3N5O/c1-3-4-5-6-7-19-26-16-14-15(8-10-17(16)29(19)13-12-25-2)9-11-18-27-20(30-28-18)21(22,23)24/h8-11,14,25H,3-7,12-13H2,1-2H3/b11-9+. The minimum atomic E-state index is -4.65. The number of likely N-dealkylation sites (N-methyl/N-ethyl adjacent to an activating group) is 1. The highest BCUT2D eigenvalue weighted by molar-refractivity contribution is 5.81. The lowest BCUT2D eigenvalue weighted by Gasteiger charge is -2.09. The van der Waals surface area contributed by atoms with Gasteiger partial charge in [-0.2, -0.15) is 18.2 Å². The molecule has 0 unspecified atom stereocenters. The Balaban J connectivity index is 1.81. The number of hydrogen-bond donors (Lipinski definition) is 1. The van der Waals surface area contributed by atoms with Crippen molar-refractivity contribution in [2.24, 2.45) is 0 Å². The van der Waals surface area contributed by atoms with E-state index in [4.69, 9.17) is 4.98 Å². The number of imidazole rings is 1. The zero-order chi connectivity index (χ0) is 21.6. The van der Waals surface area contributed by atoms with E-state index in [1.165, 1.54) is 25.3 Å². The molecule has 30 heavy (non-hydrogen) atoms. The van der Waals surface area contributed by atoms with Crippen molar-refractivity contribution in [3.8, 4) is 0 Å². The summed E-state index contributed by atoms with van der Waals surface area (Å²) in [6, 6.07) is 5.81. The molecule has 0 aliphatic carbocycles. The summed E-state index contributed by atoms with van der Waals surface area (Å²) in [4.78, 5) is 8.16. The average molecular weight is 421 g/mol. The molecule has 0 spiro atoms. The number of hydrogen-bond acceptors (Lipinski definition) is 5. The molecule has 1 N–H and O–H groups in total. The number of nitrogens with one attached hydrogen (secondary N) is 1. The Hall–Kier alpha value is -2.68. The summed E-state index contributed by atoms with van der Waals surface area (Å²) in [7, 11) is 1.92. The number of unbranched alkanes of at least 4 members (excludes halogenated alkanes) is 3. The van der Waals surface area contributed by atoms with E-state index in [0.29, 0.717) is 0 Å². The predicted molar refractivity (Wildman–Crippen MR) is 110 cm³/mol. The van der Waals surface area contributed by atoms with Gasteiger partial charge in [-0.25, -0.2) is 4.98 Å². The fraction of sp³-hybridized carbons (Fsp3) is 0.476. The molecule has 6 nitrogen and oxygen atoms in total. The molecule has 0 aliphatic rings. The lowest BCUT2D eigenvalue weighted by molar-refractivity contribution is -0.159. The fourth-order valence-electron chi connectivity index (χ4n) is 3.26. The Morgan fingerprint density at radius 2 is 1.97 bits per heavy atom. The summed E-state index contributed by atoms with van der Waals surface area (Å²) in [5.74, 6) is -0.419. The molecule has 2 aromatic heterocycles. The summed E-state index contributed by atoms with van der Waals surface area (Å²) < 4.78 is 44.2. The van der Waals surface area contributed by atoms with Gasteiger partial charge < -0.3 is 14.4 Å². The SMILES string of the molecule is CCCCCCc1nc2cc(/C=C/c3noc(C(F)(F)F)n3)ccc2n1CCNC. The summed E-state index contributed by atoms with van der Waals surface area (Å²) in [6.07, 6.45) is 4.02. The van der Waals surface area contributed by atoms with E-state index in [9.17, 15) is 13.2 Å². The number of halogens is 3. The Bertz CT molecular complexity index is 990. The maximum absolute atomic E-state index is 12.6. The first kappa shape index (κ1) is 22.0. The van der Waals surface area contributed by atoms with Crippen molar-refractivity contribution in [3.63, 3.8) is 0 Å². The van der Waals surface area contributed by atoms with Crippen LogP contribution in [0, 0.1) is 0 Å². The number of fused-ring (bicyclic) bond motifs is 1. The highest BCUT2D eigenvalue weighted by Gasteiger charge is 2.38. The summed E-state index contributed by atoms with van der Waals surface area (Å²) >= 11 is 0. The molecular formula is C21H26F3N5O. The first-order valence-electron chi connectivity index (χ1n) is 10.1. The van der Waals surface area contributed by atoms with E-state index in [1.807, 2.05) is 25.2 Å². The number of alkyl halides is 3. The maximum atomic E-state index is 12.6. The van der Waals surface area contributed by atoms with Gasteiger partial charge in [-0.05, 0) is 37.2 Å². The molecule has 0 fully saturated rings. The molecule has 162 valence electrons. The first-order chi connectivity index (χ1) is 14.4. The van der Waals surface area contributed by atoms with Crippen molar-refractivity contribution in [1.82, 2.24) is 25.0 Å². The lowest BCUT2D eigenvalue weighted by Crippen LogP contribution is -2.16. The number of nitrogens with zero attached hydrogens (tertiary/aromatic N) is 4. The largest absolute Gasteiger partial charge is 0.471 e. The van der Waals surface area contributed by atoms with Crippen molar-refractivity contribution < 1.29 is 17.7 Å². The second-order valence-electron chi connectivity index (χ2n) is 7.13. The zero-order valence-corrected chi connectivity index (χ0v) is 17.2. The van der Waals surface area contributed by atoms with Gasteiger partial charge in [0.25, 0.3) is 0 Å². The third kappa shape index (κ3) is 5.47. The van der Waals surface area contributed by atoms with Gasteiger partial charge in [0.2, 0.25) is 0 Å². The molecule has 9 heteroatoms. The van der Waals surface area contributed by atoms with E-state index in [1.54, 1.807) is 6.08 Å². The third-order valence-corrected chi connectivity index (χ3v) is 4.80. The maximum Gasteiger partial charge on any atom is 0.471 e. The minimum absolute atomic E-state index is 0.126. The molecule has 0 atom stereocenters. The van der Waals surface area contributed by atoms with Crippen LogP contribution in [0.4, 0.5) is 13.2 Å². The molecule has 0 aliphatic heterocycles. The van der Waals surface area contributed by atoms with E-state index >= 15 is 0 Å². The summed E-state index contributed by atoms with van der Waals surface area (Å²) in [5, 5.41) is 6.52. The van der Waals surface area contributed by atoms with Crippen LogP contribution in [0.15, 0.2) is 22.7 Å². The van der Waals surface area contributed by atoms with E-state index in [2.05, 4.69) is 31.5 Å². The van der Waals surface area contributed by atoms with Crippen LogP contribution in [0.5, 0.6) is 0 Å². The Labute approximate surface area is 173 Å². The van der Waals surface area contributed by atoms with Crippen molar-refractivity contribution in [1.29, 1.82) is 0 Å². The number of aryl methyl sites for hydroxylation is 1. The quantitative estimate of drug-likeness (QED) is 0.469. The second-order valence-corrected chi connectivity index (χ2v) is 7.13. The average Bonchev–Trinajstić information content (AvgIpc) is 3.32. The van der Waals surface area contributed by atoms with Gasteiger partial charge in [0.05, 0.1) is 11.0 Å². The van der Waals surface area contributed by atoms with Crippen molar-refractivity contribution in [2.75, 3.05) is 13.6 Å². The van der Waals surface area contributed by atoms with Gasteiger partial charge in [-0.15, -0.1) is 0 Å². The van der Waals surface area contributed by atoms with Crippen LogP contribution in [0.1, 0.15) is 55.7 Å². The topological polar surface area (TPSA) is 68.8 Å². The fourth-order valence-corrected chi connectivity index (χ4v) is 3.26. The van der Waals surface area contributed by atoms with Crippen molar-refractivity contribution >= 4 is 23.2 Å². The smallest absolute Gasteiger partial charge is 0.329 e. The van der Waals surface area contributed by atoms with Gasteiger partial charge in [0.1, 0.15) is 5.82 Å². The normalized spacial score (nSPS) is 12.4. The van der Waals surface area contributed by atoms with E-state index in [-0.39, 0.29) is 5.82 Å².